The molecule has 2 aromatic carbocycles. The van der Waals surface area contributed by atoms with Crippen LogP contribution < -0.4 is 5.32 Å². The van der Waals surface area contributed by atoms with Crippen LogP contribution in [0.5, 0.6) is 0 Å². The zero-order chi connectivity index (χ0) is 21.0. The van der Waals surface area contributed by atoms with Gasteiger partial charge in [0.15, 0.2) is 0 Å². The van der Waals surface area contributed by atoms with Crippen molar-refractivity contribution in [1.29, 1.82) is 0 Å². The number of rotatable bonds is 5. The SMILES string of the molecule is CC(C)c1ccc(NC(=O)C2CCN(Cc3ccccc3C(F)(F)F)CC2)cc1. The highest BCUT2D eigenvalue weighted by Crippen LogP contribution is 2.33. The Morgan fingerprint density at radius 2 is 1.69 bits per heavy atom. The molecule has 1 heterocycles. The lowest BCUT2D eigenvalue weighted by Crippen LogP contribution is -2.38. The van der Waals surface area contributed by atoms with Crippen molar-refractivity contribution in [2.75, 3.05) is 18.4 Å². The predicted molar refractivity (Wildman–Crippen MR) is 109 cm³/mol. The summed E-state index contributed by atoms with van der Waals surface area (Å²) in [4.78, 5) is 14.6. The second kappa shape index (κ2) is 8.99. The average Bonchev–Trinajstić information content (AvgIpc) is 2.68. The van der Waals surface area contributed by atoms with Gasteiger partial charge in [-0.3, -0.25) is 9.69 Å². The zero-order valence-corrected chi connectivity index (χ0v) is 16.8. The molecule has 3 nitrogen and oxygen atoms in total. The van der Waals surface area contributed by atoms with E-state index in [2.05, 4.69) is 19.2 Å². The Morgan fingerprint density at radius 3 is 2.28 bits per heavy atom. The minimum absolute atomic E-state index is 0.0161. The number of alkyl halides is 3. The minimum Gasteiger partial charge on any atom is -0.326 e. The molecule has 1 aliphatic heterocycles. The first-order chi connectivity index (χ1) is 13.7. The number of nitrogens with zero attached hydrogens (tertiary/aromatic N) is 1. The number of benzene rings is 2. The fourth-order valence-electron chi connectivity index (χ4n) is 3.72. The fraction of sp³-hybridized carbons (Fsp3) is 0.435. The molecule has 3 rings (SSSR count). The lowest BCUT2D eigenvalue weighted by molar-refractivity contribution is -0.138. The molecular weight excluding hydrogens is 377 g/mol. The van der Waals surface area contributed by atoms with Gasteiger partial charge in [-0.1, -0.05) is 44.2 Å². The number of hydrogen-bond acceptors (Lipinski definition) is 2. The molecule has 0 radical (unpaired) electrons. The van der Waals surface area contributed by atoms with Gasteiger partial charge in [0.05, 0.1) is 5.56 Å². The average molecular weight is 404 g/mol. The third-order valence-corrected chi connectivity index (χ3v) is 5.52. The van der Waals surface area contributed by atoms with E-state index in [0.717, 1.165) is 11.8 Å². The summed E-state index contributed by atoms with van der Waals surface area (Å²) in [6.45, 7) is 5.71. The third-order valence-electron chi connectivity index (χ3n) is 5.52. The Bertz CT molecular complexity index is 823. The van der Waals surface area contributed by atoms with E-state index in [0.29, 0.717) is 31.8 Å². The molecule has 0 saturated carbocycles. The Balaban J connectivity index is 1.53. The number of halogens is 3. The lowest BCUT2D eigenvalue weighted by atomic mass is 9.95. The van der Waals surface area contributed by atoms with Crippen molar-refractivity contribution in [1.82, 2.24) is 4.90 Å². The number of carbonyl (C=O) groups is 1. The lowest BCUT2D eigenvalue weighted by Gasteiger charge is -2.32. The van der Waals surface area contributed by atoms with Crippen molar-refractivity contribution >= 4 is 11.6 Å². The molecule has 2 aromatic rings. The van der Waals surface area contributed by atoms with Gasteiger partial charge in [0.1, 0.15) is 0 Å². The van der Waals surface area contributed by atoms with Crippen molar-refractivity contribution in [3.8, 4) is 0 Å². The van der Waals surface area contributed by atoms with E-state index in [4.69, 9.17) is 0 Å². The molecule has 1 saturated heterocycles. The van der Waals surface area contributed by atoms with Crippen molar-refractivity contribution in [3.63, 3.8) is 0 Å². The molecule has 0 spiro atoms. The number of hydrogen-bond donors (Lipinski definition) is 1. The standard InChI is InChI=1S/C23H27F3N2O/c1-16(2)17-7-9-20(10-8-17)27-22(29)18-11-13-28(14-12-18)15-19-5-3-4-6-21(19)23(24,25)26/h3-10,16,18H,11-15H2,1-2H3,(H,27,29). The normalized spacial score (nSPS) is 16.2. The molecule has 6 heteroatoms. The van der Waals surface area contributed by atoms with Crippen LogP contribution in [0.15, 0.2) is 48.5 Å². The van der Waals surface area contributed by atoms with E-state index in [9.17, 15) is 18.0 Å². The van der Waals surface area contributed by atoms with Crippen LogP contribution in [0.1, 0.15) is 49.3 Å². The van der Waals surface area contributed by atoms with Crippen LogP contribution in [0.2, 0.25) is 0 Å². The molecule has 156 valence electrons. The smallest absolute Gasteiger partial charge is 0.326 e. The van der Waals surface area contributed by atoms with E-state index in [1.807, 2.05) is 29.2 Å². The van der Waals surface area contributed by atoms with E-state index in [1.165, 1.54) is 17.7 Å². The first-order valence-corrected chi connectivity index (χ1v) is 10.0. The summed E-state index contributed by atoms with van der Waals surface area (Å²) < 4.78 is 39.5. The molecule has 0 bridgehead atoms. The van der Waals surface area contributed by atoms with E-state index < -0.39 is 11.7 Å². The Kier molecular flexibility index (Phi) is 6.63. The largest absolute Gasteiger partial charge is 0.416 e. The number of piperidine rings is 1. The summed E-state index contributed by atoms with van der Waals surface area (Å²) in [5.74, 6) is 0.304. The van der Waals surface area contributed by atoms with Crippen LogP contribution in [0.25, 0.3) is 0 Å². The first kappa shape index (κ1) is 21.4. The maximum Gasteiger partial charge on any atom is 0.416 e. The van der Waals surface area contributed by atoms with Crippen LogP contribution in [-0.2, 0) is 17.5 Å². The molecule has 1 aliphatic rings. The third kappa shape index (κ3) is 5.60. The number of nitrogens with one attached hydrogen (secondary N) is 1. The van der Waals surface area contributed by atoms with Gasteiger partial charge in [0.25, 0.3) is 0 Å². The molecular formula is C23H27F3N2O. The van der Waals surface area contributed by atoms with Crippen molar-refractivity contribution < 1.29 is 18.0 Å². The maximum absolute atomic E-state index is 13.2. The van der Waals surface area contributed by atoms with E-state index in [-0.39, 0.29) is 23.9 Å². The predicted octanol–water partition coefficient (Wildman–Crippen LogP) is 5.68. The van der Waals surface area contributed by atoms with Gasteiger partial charge < -0.3 is 5.32 Å². The van der Waals surface area contributed by atoms with Crippen LogP contribution in [0.3, 0.4) is 0 Å². The minimum atomic E-state index is -4.35. The van der Waals surface area contributed by atoms with Gasteiger partial charge >= 0.3 is 6.18 Å². The molecule has 1 N–H and O–H groups in total. The van der Waals surface area contributed by atoms with Crippen molar-refractivity contribution in [2.45, 2.75) is 45.3 Å². The topological polar surface area (TPSA) is 32.3 Å². The number of anilines is 1. The Hall–Kier alpha value is -2.34. The van der Waals surface area contributed by atoms with E-state index in [1.54, 1.807) is 6.07 Å². The second-order valence-electron chi connectivity index (χ2n) is 7.97. The molecule has 29 heavy (non-hydrogen) atoms. The molecule has 1 fully saturated rings. The summed E-state index contributed by atoms with van der Waals surface area (Å²) in [5.41, 5.74) is 1.70. The summed E-state index contributed by atoms with van der Waals surface area (Å²) >= 11 is 0. The zero-order valence-electron chi connectivity index (χ0n) is 16.8. The highest BCUT2D eigenvalue weighted by atomic mass is 19.4. The van der Waals surface area contributed by atoms with Gasteiger partial charge in [-0.2, -0.15) is 13.2 Å². The highest BCUT2D eigenvalue weighted by Gasteiger charge is 2.34. The first-order valence-electron chi connectivity index (χ1n) is 10.0. The fourth-order valence-corrected chi connectivity index (χ4v) is 3.72. The second-order valence-corrected chi connectivity index (χ2v) is 7.97. The molecule has 0 atom stereocenters. The summed E-state index contributed by atoms with van der Waals surface area (Å²) in [5, 5.41) is 2.97. The molecule has 0 aliphatic carbocycles. The van der Waals surface area contributed by atoms with Gasteiger partial charge in [0, 0.05) is 18.2 Å². The van der Waals surface area contributed by atoms with Crippen LogP contribution >= 0.6 is 0 Å². The van der Waals surface area contributed by atoms with Gasteiger partial charge in [-0.05, 0) is 61.2 Å². The Morgan fingerprint density at radius 1 is 1.07 bits per heavy atom. The number of likely N-dealkylation sites (tertiary alicyclic amines) is 1. The van der Waals surface area contributed by atoms with Crippen LogP contribution in [-0.4, -0.2) is 23.9 Å². The van der Waals surface area contributed by atoms with Gasteiger partial charge in [0.2, 0.25) is 5.91 Å². The van der Waals surface area contributed by atoms with E-state index >= 15 is 0 Å². The highest BCUT2D eigenvalue weighted by molar-refractivity contribution is 5.92. The van der Waals surface area contributed by atoms with Crippen LogP contribution in [0, 0.1) is 5.92 Å². The van der Waals surface area contributed by atoms with Gasteiger partial charge in [-0.25, -0.2) is 0 Å². The summed E-state index contributed by atoms with van der Waals surface area (Å²) in [6, 6.07) is 13.6. The maximum atomic E-state index is 13.2. The monoisotopic (exact) mass is 404 g/mol. The summed E-state index contributed by atoms with van der Waals surface area (Å²) in [6.07, 6.45) is -3.06. The summed E-state index contributed by atoms with van der Waals surface area (Å²) in [7, 11) is 0. The van der Waals surface area contributed by atoms with Crippen LogP contribution in [0.4, 0.5) is 18.9 Å². The Labute approximate surface area is 169 Å². The van der Waals surface area contributed by atoms with Crippen molar-refractivity contribution in [2.24, 2.45) is 5.92 Å². The molecule has 0 unspecified atom stereocenters. The number of amides is 1. The molecule has 1 amide bonds. The quantitative estimate of drug-likeness (QED) is 0.695. The van der Waals surface area contributed by atoms with Crippen molar-refractivity contribution in [3.05, 3.63) is 65.2 Å². The van der Waals surface area contributed by atoms with Gasteiger partial charge in [-0.15, -0.1) is 0 Å². The number of carbonyl (C=O) groups excluding carboxylic acids is 1. The molecule has 0 aromatic heterocycles.